The first-order valence-electron chi connectivity index (χ1n) is 8.70. The summed E-state index contributed by atoms with van der Waals surface area (Å²) in [5.74, 6) is 1.22. The molecule has 0 aromatic heterocycles. The molecule has 0 bridgehead atoms. The second kappa shape index (κ2) is 8.56. The van der Waals surface area contributed by atoms with Gasteiger partial charge in [-0.05, 0) is 48.6 Å². The monoisotopic (exact) mass is 341 g/mol. The van der Waals surface area contributed by atoms with Crippen molar-refractivity contribution in [1.29, 1.82) is 0 Å². The summed E-state index contributed by atoms with van der Waals surface area (Å²) in [5.41, 5.74) is 2.10. The SMILES string of the molecule is CCOc1cccc(NC(=O)COc2ccc(C(C)(C)CC)cc2)c1. The van der Waals surface area contributed by atoms with Gasteiger partial charge in [0.05, 0.1) is 6.61 Å². The summed E-state index contributed by atoms with van der Waals surface area (Å²) < 4.78 is 11.0. The van der Waals surface area contributed by atoms with Gasteiger partial charge in [-0.25, -0.2) is 0 Å². The molecule has 0 aliphatic carbocycles. The molecule has 0 unspecified atom stereocenters. The number of carbonyl (C=O) groups excluding carboxylic acids is 1. The highest BCUT2D eigenvalue weighted by atomic mass is 16.5. The molecule has 2 aromatic carbocycles. The Bertz CT molecular complexity index is 693. The molecule has 2 aromatic rings. The lowest BCUT2D eigenvalue weighted by Gasteiger charge is -2.23. The molecule has 0 saturated heterocycles. The van der Waals surface area contributed by atoms with E-state index in [1.165, 1.54) is 5.56 Å². The standard InChI is InChI=1S/C21H27NO3/c1-5-21(3,4)16-10-12-18(13-11-16)25-15-20(23)22-17-8-7-9-19(14-17)24-6-2/h7-14H,5-6,15H2,1-4H3,(H,22,23). The highest BCUT2D eigenvalue weighted by Gasteiger charge is 2.17. The van der Waals surface area contributed by atoms with Crippen molar-refractivity contribution < 1.29 is 14.3 Å². The molecular weight excluding hydrogens is 314 g/mol. The Hall–Kier alpha value is -2.49. The van der Waals surface area contributed by atoms with E-state index in [-0.39, 0.29) is 17.9 Å². The van der Waals surface area contributed by atoms with Crippen LogP contribution in [-0.4, -0.2) is 19.1 Å². The maximum atomic E-state index is 12.1. The Labute approximate surface area is 150 Å². The average Bonchev–Trinajstić information content (AvgIpc) is 2.61. The van der Waals surface area contributed by atoms with E-state index < -0.39 is 0 Å². The molecule has 0 spiro atoms. The van der Waals surface area contributed by atoms with Crippen LogP contribution in [0, 0.1) is 0 Å². The number of benzene rings is 2. The predicted octanol–water partition coefficient (Wildman–Crippen LogP) is 4.79. The van der Waals surface area contributed by atoms with Gasteiger partial charge in [0.15, 0.2) is 6.61 Å². The Morgan fingerprint density at radius 3 is 2.36 bits per heavy atom. The first-order valence-corrected chi connectivity index (χ1v) is 8.70. The number of nitrogens with one attached hydrogen (secondary N) is 1. The van der Waals surface area contributed by atoms with E-state index in [0.717, 1.165) is 12.2 Å². The summed E-state index contributed by atoms with van der Waals surface area (Å²) in [5, 5.41) is 2.81. The molecule has 134 valence electrons. The van der Waals surface area contributed by atoms with Crippen molar-refractivity contribution in [2.24, 2.45) is 0 Å². The van der Waals surface area contributed by atoms with Gasteiger partial charge in [0, 0.05) is 11.8 Å². The average molecular weight is 341 g/mol. The van der Waals surface area contributed by atoms with Crippen molar-refractivity contribution in [2.45, 2.75) is 39.5 Å². The third kappa shape index (κ3) is 5.52. The van der Waals surface area contributed by atoms with Crippen LogP contribution in [0.4, 0.5) is 5.69 Å². The van der Waals surface area contributed by atoms with Crippen LogP contribution in [0.3, 0.4) is 0 Å². The molecule has 0 aliphatic heterocycles. The van der Waals surface area contributed by atoms with Crippen molar-refractivity contribution in [3.05, 3.63) is 54.1 Å². The van der Waals surface area contributed by atoms with Gasteiger partial charge in [-0.3, -0.25) is 4.79 Å². The van der Waals surface area contributed by atoms with E-state index in [2.05, 4.69) is 38.2 Å². The first-order chi connectivity index (χ1) is 11.9. The quantitative estimate of drug-likeness (QED) is 0.751. The van der Waals surface area contributed by atoms with E-state index >= 15 is 0 Å². The van der Waals surface area contributed by atoms with Crippen LogP contribution >= 0.6 is 0 Å². The normalized spacial score (nSPS) is 11.0. The Kier molecular flexibility index (Phi) is 6.45. The van der Waals surface area contributed by atoms with Crippen molar-refractivity contribution >= 4 is 11.6 Å². The van der Waals surface area contributed by atoms with Crippen molar-refractivity contribution in [3.63, 3.8) is 0 Å². The maximum absolute atomic E-state index is 12.1. The van der Waals surface area contributed by atoms with E-state index in [9.17, 15) is 4.79 Å². The van der Waals surface area contributed by atoms with Crippen molar-refractivity contribution in [1.82, 2.24) is 0 Å². The highest BCUT2D eigenvalue weighted by Crippen LogP contribution is 2.28. The van der Waals surface area contributed by atoms with Crippen LogP contribution in [0.5, 0.6) is 11.5 Å². The summed E-state index contributed by atoms with van der Waals surface area (Å²) in [7, 11) is 0. The molecule has 25 heavy (non-hydrogen) atoms. The van der Waals surface area contributed by atoms with Crippen LogP contribution in [0.1, 0.15) is 39.7 Å². The summed E-state index contributed by atoms with van der Waals surface area (Å²) >= 11 is 0. The number of hydrogen-bond acceptors (Lipinski definition) is 3. The molecule has 1 N–H and O–H groups in total. The van der Waals surface area contributed by atoms with E-state index in [1.807, 2.05) is 37.3 Å². The molecule has 1 amide bonds. The molecule has 4 nitrogen and oxygen atoms in total. The predicted molar refractivity (Wildman–Crippen MR) is 101 cm³/mol. The fourth-order valence-corrected chi connectivity index (χ4v) is 2.38. The molecule has 2 rings (SSSR count). The van der Waals surface area contributed by atoms with Crippen LogP contribution in [0.15, 0.2) is 48.5 Å². The molecule has 0 aliphatic rings. The Morgan fingerprint density at radius 1 is 1.00 bits per heavy atom. The Balaban J connectivity index is 1.88. The second-order valence-corrected chi connectivity index (χ2v) is 6.56. The molecule has 0 heterocycles. The zero-order valence-electron chi connectivity index (χ0n) is 15.5. The third-order valence-electron chi connectivity index (χ3n) is 4.32. The van der Waals surface area contributed by atoms with Gasteiger partial charge < -0.3 is 14.8 Å². The fourth-order valence-electron chi connectivity index (χ4n) is 2.38. The van der Waals surface area contributed by atoms with Gasteiger partial charge in [-0.2, -0.15) is 0 Å². The molecule has 0 saturated carbocycles. The smallest absolute Gasteiger partial charge is 0.262 e. The van der Waals surface area contributed by atoms with Gasteiger partial charge in [0.1, 0.15) is 11.5 Å². The number of anilines is 1. The van der Waals surface area contributed by atoms with Crippen LogP contribution < -0.4 is 14.8 Å². The van der Waals surface area contributed by atoms with Crippen molar-refractivity contribution in [3.8, 4) is 11.5 Å². The minimum Gasteiger partial charge on any atom is -0.494 e. The summed E-state index contributed by atoms with van der Waals surface area (Å²) in [4.78, 5) is 12.1. The highest BCUT2D eigenvalue weighted by molar-refractivity contribution is 5.92. The number of amides is 1. The minimum absolute atomic E-state index is 0.0324. The lowest BCUT2D eigenvalue weighted by Crippen LogP contribution is -2.20. The topological polar surface area (TPSA) is 47.6 Å². The molecule has 0 atom stereocenters. The van der Waals surface area contributed by atoms with E-state index in [0.29, 0.717) is 18.0 Å². The van der Waals surface area contributed by atoms with Crippen LogP contribution in [0.2, 0.25) is 0 Å². The van der Waals surface area contributed by atoms with Gasteiger partial charge in [-0.15, -0.1) is 0 Å². The lowest BCUT2D eigenvalue weighted by atomic mass is 9.82. The zero-order chi connectivity index (χ0) is 18.3. The van der Waals surface area contributed by atoms with Crippen LogP contribution in [-0.2, 0) is 10.2 Å². The lowest BCUT2D eigenvalue weighted by molar-refractivity contribution is -0.118. The Morgan fingerprint density at radius 2 is 1.72 bits per heavy atom. The number of ether oxygens (including phenoxy) is 2. The molecule has 0 fully saturated rings. The van der Waals surface area contributed by atoms with Crippen molar-refractivity contribution in [2.75, 3.05) is 18.5 Å². The van der Waals surface area contributed by atoms with Gasteiger partial charge in [0.2, 0.25) is 0 Å². The number of rotatable bonds is 8. The largest absolute Gasteiger partial charge is 0.494 e. The maximum Gasteiger partial charge on any atom is 0.262 e. The van der Waals surface area contributed by atoms with E-state index in [1.54, 1.807) is 6.07 Å². The summed E-state index contributed by atoms with van der Waals surface area (Å²) in [6.45, 7) is 9.08. The van der Waals surface area contributed by atoms with Crippen LogP contribution in [0.25, 0.3) is 0 Å². The third-order valence-corrected chi connectivity index (χ3v) is 4.32. The fraction of sp³-hybridized carbons (Fsp3) is 0.381. The van der Waals surface area contributed by atoms with E-state index in [4.69, 9.17) is 9.47 Å². The zero-order valence-corrected chi connectivity index (χ0v) is 15.5. The molecule has 0 radical (unpaired) electrons. The van der Waals surface area contributed by atoms with Gasteiger partial charge in [0.25, 0.3) is 5.91 Å². The second-order valence-electron chi connectivity index (χ2n) is 6.56. The summed E-state index contributed by atoms with van der Waals surface area (Å²) in [6, 6.07) is 15.3. The number of carbonyl (C=O) groups is 1. The molecular formula is C21H27NO3. The van der Waals surface area contributed by atoms with Gasteiger partial charge >= 0.3 is 0 Å². The first kappa shape index (κ1) is 18.8. The minimum atomic E-state index is -0.202. The molecule has 4 heteroatoms. The number of hydrogen-bond donors (Lipinski definition) is 1. The summed E-state index contributed by atoms with van der Waals surface area (Å²) in [6.07, 6.45) is 1.07. The van der Waals surface area contributed by atoms with Gasteiger partial charge in [-0.1, -0.05) is 39.0 Å².